The Balaban J connectivity index is -0.000000233. The molecule has 0 saturated heterocycles. The molecule has 0 nitrogen and oxygen atoms in total. The van der Waals surface area contributed by atoms with E-state index in [1.54, 1.807) is 0 Å². The molecule has 0 heterocycles. The van der Waals surface area contributed by atoms with E-state index in [2.05, 4.69) is 48.6 Å². The fraction of sp³-hybridized carbons (Fsp3) is 0.500. The second-order valence-corrected chi connectivity index (χ2v) is 4.20. The van der Waals surface area contributed by atoms with Gasteiger partial charge in [0.15, 0.2) is 0 Å². The minimum atomic E-state index is 0. The van der Waals surface area contributed by atoms with Crippen molar-refractivity contribution in [2.75, 3.05) is 0 Å². The van der Waals surface area contributed by atoms with Gasteiger partial charge in [0.05, 0.1) is 0 Å². The molecule has 0 aromatic rings. The summed E-state index contributed by atoms with van der Waals surface area (Å²) < 4.78 is 0. The Morgan fingerprint density at radius 1 is 0.316 bits per heavy atom. The van der Waals surface area contributed by atoms with E-state index in [1.807, 2.05) is 0 Å². The molecule has 0 saturated carbocycles. The van der Waals surface area contributed by atoms with Gasteiger partial charge in [-0.1, -0.05) is 48.6 Å². The Bertz CT molecular complexity index is 188. The third kappa shape index (κ3) is 19.0. The minimum absolute atomic E-state index is 0. The van der Waals surface area contributed by atoms with Crippen LogP contribution in [0.5, 0.6) is 0 Å². The van der Waals surface area contributed by atoms with E-state index in [1.165, 1.54) is 51.4 Å². The van der Waals surface area contributed by atoms with Crippen molar-refractivity contribution in [2.45, 2.75) is 51.4 Å². The van der Waals surface area contributed by atoms with Crippen molar-refractivity contribution >= 4 is 0 Å². The largest absolute Gasteiger partial charge is 2.00 e. The summed E-state index contributed by atoms with van der Waals surface area (Å²) in [6.07, 6.45) is 28.0. The molecule has 104 valence electrons. The summed E-state index contributed by atoms with van der Waals surface area (Å²) in [5.74, 6) is 0. The van der Waals surface area contributed by atoms with Crippen LogP contribution in [0.3, 0.4) is 0 Å². The Morgan fingerprint density at radius 2 is 0.421 bits per heavy atom. The SMILES string of the molecule is C1=CCCC=CCC1.C1=CCCC=CCC1.[Cl-].[Cl-].[Ra+2]. The first-order valence-corrected chi connectivity index (χ1v) is 6.60. The molecule has 3 heteroatoms. The molecule has 0 atom stereocenters. The van der Waals surface area contributed by atoms with Gasteiger partial charge < -0.3 is 24.8 Å². The van der Waals surface area contributed by atoms with Crippen LogP contribution in [0.25, 0.3) is 0 Å². The molecule has 0 N–H and O–H groups in total. The predicted octanol–water partition coefficient (Wildman–Crippen LogP) is -0.646. The van der Waals surface area contributed by atoms with Gasteiger partial charge in [-0.15, -0.1) is 0 Å². The van der Waals surface area contributed by atoms with Crippen LogP contribution in [0.15, 0.2) is 48.6 Å². The molecule has 0 aliphatic heterocycles. The topological polar surface area (TPSA) is 0 Å². The summed E-state index contributed by atoms with van der Waals surface area (Å²) >= 11 is 0. The van der Waals surface area contributed by atoms with Crippen molar-refractivity contribution in [2.24, 2.45) is 0 Å². The molecule has 2 aliphatic rings. The zero-order chi connectivity index (χ0) is 11.3. The van der Waals surface area contributed by atoms with Crippen LogP contribution in [0.4, 0.5) is 0 Å². The fourth-order valence-corrected chi connectivity index (χ4v) is 1.71. The van der Waals surface area contributed by atoms with Crippen LogP contribution in [-0.4, -0.2) is 0 Å². The van der Waals surface area contributed by atoms with Gasteiger partial charge in [-0.05, 0) is 51.4 Å². The number of rotatable bonds is 0. The maximum absolute atomic E-state index is 2.27. The van der Waals surface area contributed by atoms with Crippen LogP contribution in [0.2, 0.25) is 0 Å². The molecular formula is C16H24Cl2Ra. The molecule has 2 rings (SSSR count). The molecular weight excluding hydrogens is 489 g/mol. The maximum Gasteiger partial charge on any atom is 2.00 e. The van der Waals surface area contributed by atoms with Gasteiger partial charge in [-0.2, -0.15) is 0 Å². The zero-order valence-electron chi connectivity index (χ0n) is 11.7. The quantitative estimate of drug-likeness (QED) is 0.379. The molecule has 0 fully saturated rings. The van der Waals surface area contributed by atoms with E-state index < -0.39 is 0 Å². The molecule has 0 amide bonds. The summed E-state index contributed by atoms with van der Waals surface area (Å²) in [5.41, 5.74) is 0. The van der Waals surface area contributed by atoms with Crippen molar-refractivity contribution in [1.82, 2.24) is 0 Å². The Hall–Kier alpha value is 1.01. The average molecular weight is 513 g/mol. The maximum atomic E-state index is 2.27. The van der Waals surface area contributed by atoms with E-state index >= 15 is 0 Å². The predicted molar refractivity (Wildman–Crippen MR) is 73.5 cm³/mol. The van der Waals surface area contributed by atoms with Gasteiger partial charge in [0.25, 0.3) is 0 Å². The molecule has 0 spiro atoms. The molecule has 0 unspecified atom stereocenters. The van der Waals surface area contributed by atoms with Crippen LogP contribution in [0.1, 0.15) is 51.4 Å². The smallest absolute Gasteiger partial charge is 1.00 e. The van der Waals surface area contributed by atoms with Crippen molar-refractivity contribution in [3.63, 3.8) is 0 Å². The summed E-state index contributed by atoms with van der Waals surface area (Å²) in [6.45, 7) is 0. The normalized spacial score (nSPS) is 16.8. The summed E-state index contributed by atoms with van der Waals surface area (Å²) in [6, 6.07) is 0. The Morgan fingerprint density at radius 3 is 0.526 bits per heavy atom. The number of halogens is 2. The number of hydrogen-bond acceptors (Lipinski definition) is 0. The summed E-state index contributed by atoms with van der Waals surface area (Å²) in [4.78, 5) is 0. The molecule has 19 heavy (non-hydrogen) atoms. The van der Waals surface area contributed by atoms with Crippen molar-refractivity contribution in [3.8, 4) is 0 Å². The van der Waals surface area contributed by atoms with Crippen LogP contribution < -0.4 is 24.8 Å². The molecule has 0 aromatic heterocycles. The van der Waals surface area contributed by atoms with Gasteiger partial charge in [0.2, 0.25) is 0 Å². The van der Waals surface area contributed by atoms with Crippen molar-refractivity contribution in [1.29, 1.82) is 0 Å². The van der Waals surface area contributed by atoms with Gasteiger partial charge in [-0.3, -0.25) is 0 Å². The van der Waals surface area contributed by atoms with E-state index in [0.29, 0.717) is 0 Å². The molecule has 2 aliphatic carbocycles. The summed E-state index contributed by atoms with van der Waals surface area (Å²) in [7, 11) is 0. The first kappa shape index (κ1) is 25.0. The van der Waals surface area contributed by atoms with Gasteiger partial charge in [0.1, 0.15) is 0 Å². The third-order valence-corrected chi connectivity index (χ3v) is 2.67. The Kier molecular flexibility index (Phi) is 28.0. The second kappa shape index (κ2) is 21.3. The molecule has 0 aromatic carbocycles. The van der Waals surface area contributed by atoms with E-state index in [-0.39, 0.29) is 69.8 Å². The van der Waals surface area contributed by atoms with E-state index in [0.717, 1.165) is 0 Å². The van der Waals surface area contributed by atoms with Gasteiger partial charge in [0, 0.05) is 0 Å². The zero-order valence-corrected chi connectivity index (χ0v) is 19.1. The monoisotopic (exact) mass is 512 g/mol. The average Bonchev–Trinajstić information content (AvgIpc) is 2.15. The molecule has 0 bridgehead atoms. The van der Waals surface area contributed by atoms with Gasteiger partial charge >= 0.3 is 45.0 Å². The standard InChI is InChI=1S/2C8H12.2ClH.Ra/c2*1-2-4-6-8-7-5-3-1;;;/h2*1-2,7-8H,3-6H2;2*1H;/q;;;;+2/p-2. The van der Waals surface area contributed by atoms with Crippen LogP contribution >= 0.6 is 0 Å². The second-order valence-electron chi connectivity index (χ2n) is 4.20. The fourth-order valence-electron chi connectivity index (χ4n) is 1.71. The van der Waals surface area contributed by atoms with E-state index in [4.69, 9.17) is 0 Å². The first-order chi connectivity index (χ1) is 8.00. The molecule has 0 radical (unpaired) electrons. The Labute approximate surface area is 168 Å². The summed E-state index contributed by atoms with van der Waals surface area (Å²) in [5, 5.41) is 0. The minimum Gasteiger partial charge on any atom is -1.00 e. The third-order valence-electron chi connectivity index (χ3n) is 2.67. The number of allylic oxidation sites excluding steroid dienone is 8. The van der Waals surface area contributed by atoms with Crippen LogP contribution in [-0.2, 0) is 0 Å². The first-order valence-electron chi connectivity index (χ1n) is 6.60. The van der Waals surface area contributed by atoms with Crippen molar-refractivity contribution < 1.29 is 69.8 Å². The van der Waals surface area contributed by atoms with Crippen LogP contribution in [0, 0.1) is 45.0 Å². The van der Waals surface area contributed by atoms with E-state index in [9.17, 15) is 0 Å². The number of hydrogen-bond donors (Lipinski definition) is 0. The van der Waals surface area contributed by atoms with Gasteiger partial charge in [-0.25, -0.2) is 0 Å². The van der Waals surface area contributed by atoms with Crippen molar-refractivity contribution in [3.05, 3.63) is 48.6 Å².